The van der Waals surface area contributed by atoms with Crippen molar-refractivity contribution in [2.24, 2.45) is 0 Å². The average Bonchev–Trinajstić information content (AvgIpc) is 2.91. The van der Waals surface area contributed by atoms with Crippen LogP contribution in [0.3, 0.4) is 0 Å². The van der Waals surface area contributed by atoms with Gasteiger partial charge in [0, 0.05) is 12.8 Å². The van der Waals surface area contributed by atoms with Gasteiger partial charge in [-0.3, -0.25) is 9.59 Å². The monoisotopic (exact) mass is 544 g/mol. The minimum Gasteiger partial charge on any atom is -0.481 e. The molecule has 0 rings (SSSR count). The molecule has 0 aromatic heterocycles. The minimum atomic E-state index is -0.709. The maximum atomic E-state index is 12.5. The first kappa shape index (κ1) is 36.9. The van der Waals surface area contributed by atoms with Crippen LogP contribution in [0.1, 0.15) is 155 Å². The molecule has 0 aliphatic carbocycles. The van der Waals surface area contributed by atoms with Crippen molar-refractivity contribution in [2.75, 3.05) is 0 Å². The molecular formula is C35H60O4. The van der Waals surface area contributed by atoms with E-state index in [4.69, 9.17) is 9.84 Å². The number of ether oxygens (including phenoxy) is 1. The highest BCUT2D eigenvalue weighted by Crippen LogP contribution is 2.18. The molecule has 4 heteroatoms. The molecule has 0 spiro atoms. The quantitative estimate of drug-likeness (QED) is 0.0604. The zero-order chi connectivity index (χ0) is 28.7. The number of carboxylic acids is 1. The van der Waals surface area contributed by atoms with Gasteiger partial charge in [-0.15, -0.1) is 0 Å². The first-order valence-electron chi connectivity index (χ1n) is 16.1. The predicted molar refractivity (Wildman–Crippen MR) is 167 cm³/mol. The van der Waals surface area contributed by atoms with Crippen LogP contribution in [0.25, 0.3) is 0 Å². The van der Waals surface area contributed by atoms with E-state index >= 15 is 0 Å². The van der Waals surface area contributed by atoms with E-state index in [1.807, 2.05) is 0 Å². The van der Waals surface area contributed by atoms with Gasteiger partial charge in [-0.2, -0.15) is 0 Å². The van der Waals surface area contributed by atoms with E-state index < -0.39 is 5.97 Å². The lowest BCUT2D eigenvalue weighted by Gasteiger charge is -2.18. The van der Waals surface area contributed by atoms with Crippen molar-refractivity contribution in [2.45, 2.75) is 161 Å². The van der Waals surface area contributed by atoms with Gasteiger partial charge >= 0.3 is 11.9 Å². The number of esters is 1. The van der Waals surface area contributed by atoms with Crippen molar-refractivity contribution in [3.05, 3.63) is 48.6 Å². The third kappa shape index (κ3) is 30.3. The van der Waals surface area contributed by atoms with Crippen LogP contribution in [0.4, 0.5) is 0 Å². The highest BCUT2D eigenvalue weighted by molar-refractivity contribution is 5.69. The van der Waals surface area contributed by atoms with Crippen LogP contribution in [0, 0.1) is 0 Å². The standard InChI is InChI=1S/C35H60O4/c1-3-5-7-9-11-12-13-14-15-16-17-18-19-24-28-32-35(38)39-33(29-25-21-10-8-6-4-2)30-26-22-20-23-27-31-34(36)37/h5,7,11-12,14-15,17-18,33H,3-4,6,8-10,13,16,19-32H2,1-2H3,(H,36,37)/b7-5-,12-11-,15-14-,18-17-. The summed E-state index contributed by atoms with van der Waals surface area (Å²) in [6, 6.07) is 0. The van der Waals surface area contributed by atoms with Crippen molar-refractivity contribution in [3.8, 4) is 0 Å². The van der Waals surface area contributed by atoms with E-state index in [-0.39, 0.29) is 18.5 Å². The van der Waals surface area contributed by atoms with Crippen molar-refractivity contribution >= 4 is 11.9 Å². The van der Waals surface area contributed by atoms with Gasteiger partial charge in [-0.05, 0) is 77.0 Å². The number of carbonyl (C=O) groups excluding carboxylic acids is 1. The summed E-state index contributed by atoms with van der Waals surface area (Å²) in [4.78, 5) is 23.1. The van der Waals surface area contributed by atoms with Crippen molar-refractivity contribution in [3.63, 3.8) is 0 Å². The zero-order valence-electron chi connectivity index (χ0n) is 25.4. The molecule has 0 bridgehead atoms. The van der Waals surface area contributed by atoms with Gasteiger partial charge in [0.25, 0.3) is 0 Å². The van der Waals surface area contributed by atoms with E-state index in [1.165, 1.54) is 32.1 Å². The Balaban J connectivity index is 4.07. The first-order chi connectivity index (χ1) is 19.1. The molecule has 1 unspecified atom stereocenters. The molecule has 0 saturated heterocycles. The Hall–Kier alpha value is -2.10. The van der Waals surface area contributed by atoms with E-state index in [9.17, 15) is 9.59 Å². The Bertz CT molecular complexity index is 674. The number of rotatable bonds is 28. The van der Waals surface area contributed by atoms with Gasteiger partial charge in [-0.25, -0.2) is 0 Å². The molecule has 0 radical (unpaired) electrons. The van der Waals surface area contributed by atoms with Crippen LogP contribution < -0.4 is 0 Å². The molecule has 0 aliphatic rings. The van der Waals surface area contributed by atoms with Gasteiger partial charge in [-0.1, -0.05) is 114 Å². The molecule has 0 heterocycles. The molecule has 224 valence electrons. The largest absolute Gasteiger partial charge is 0.481 e. The van der Waals surface area contributed by atoms with Crippen molar-refractivity contribution in [1.82, 2.24) is 0 Å². The molecule has 1 N–H and O–H groups in total. The normalized spacial score (nSPS) is 12.9. The number of unbranched alkanes of at least 4 members (excludes halogenated alkanes) is 11. The van der Waals surface area contributed by atoms with Gasteiger partial charge < -0.3 is 9.84 Å². The fraction of sp³-hybridized carbons (Fsp3) is 0.714. The van der Waals surface area contributed by atoms with Gasteiger partial charge in [0.1, 0.15) is 6.10 Å². The smallest absolute Gasteiger partial charge is 0.306 e. The number of carbonyl (C=O) groups is 2. The number of hydrogen-bond donors (Lipinski definition) is 1. The zero-order valence-corrected chi connectivity index (χ0v) is 25.4. The fourth-order valence-electron chi connectivity index (χ4n) is 4.47. The first-order valence-corrected chi connectivity index (χ1v) is 16.1. The summed E-state index contributed by atoms with van der Waals surface area (Å²) < 4.78 is 5.90. The van der Waals surface area contributed by atoms with Gasteiger partial charge in [0.05, 0.1) is 0 Å². The maximum absolute atomic E-state index is 12.5. The Morgan fingerprint density at radius 2 is 1.08 bits per heavy atom. The Labute approximate surface area is 241 Å². The summed E-state index contributed by atoms with van der Waals surface area (Å²) in [5, 5.41) is 8.75. The maximum Gasteiger partial charge on any atom is 0.306 e. The molecule has 0 aliphatic heterocycles. The van der Waals surface area contributed by atoms with Crippen LogP contribution in [-0.4, -0.2) is 23.1 Å². The third-order valence-corrected chi connectivity index (χ3v) is 6.82. The molecule has 1 atom stereocenters. The van der Waals surface area contributed by atoms with Crippen LogP contribution in [0.2, 0.25) is 0 Å². The number of aliphatic carboxylic acids is 1. The SMILES string of the molecule is CC/C=C\C/C=C\C/C=C\C/C=C\CCCCC(=O)OC(CCCCCCCC)CCCCCCCC(=O)O. The number of allylic oxidation sites excluding steroid dienone is 8. The number of hydrogen-bond acceptors (Lipinski definition) is 3. The molecule has 0 aromatic rings. The lowest BCUT2D eigenvalue weighted by atomic mass is 10.0. The predicted octanol–water partition coefficient (Wildman–Crippen LogP) is 10.8. The van der Waals surface area contributed by atoms with Gasteiger partial charge in [0.2, 0.25) is 0 Å². The van der Waals surface area contributed by atoms with E-state index in [2.05, 4.69) is 62.5 Å². The summed E-state index contributed by atoms with van der Waals surface area (Å²) in [6.07, 6.45) is 39.8. The molecule has 0 saturated carbocycles. The highest BCUT2D eigenvalue weighted by atomic mass is 16.5. The van der Waals surface area contributed by atoms with Crippen molar-refractivity contribution in [1.29, 1.82) is 0 Å². The van der Waals surface area contributed by atoms with Crippen LogP contribution in [0.15, 0.2) is 48.6 Å². The molecule has 0 aromatic carbocycles. The van der Waals surface area contributed by atoms with E-state index in [0.29, 0.717) is 6.42 Å². The lowest BCUT2D eigenvalue weighted by molar-refractivity contribution is -0.150. The van der Waals surface area contributed by atoms with E-state index in [0.717, 1.165) is 96.3 Å². The van der Waals surface area contributed by atoms with Crippen LogP contribution in [0.5, 0.6) is 0 Å². The summed E-state index contributed by atoms with van der Waals surface area (Å²) in [6.45, 7) is 4.39. The molecule has 4 nitrogen and oxygen atoms in total. The highest BCUT2D eigenvalue weighted by Gasteiger charge is 2.14. The van der Waals surface area contributed by atoms with E-state index in [1.54, 1.807) is 0 Å². The van der Waals surface area contributed by atoms with Gasteiger partial charge in [0.15, 0.2) is 0 Å². The average molecular weight is 545 g/mol. The Morgan fingerprint density at radius 1 is 0.590 bits per heavy atom. The molecule has 39 heavy (non-hydrogen) atoms. The summed E-state index contributed by atoms with van der Waals surface area (Å²) >= 11 is 0. The second kappa shape index (κ2) is 30.4. The lowest BCUT2D eigenvalue weighted by Crippen LogP contribution is -2.18. The summed E-state index contributed by atoms with van der Waals surface area (Å²) in [5.74, 6) is -0.753. The summed E-state index contributed by atoms with van der Waals surface area (Å²) in [7, 11) is 0. The third-order valence-electron chi connectivity index (χ3n) is 6.82. The van der Waals surface area contributed by atoms with Crippen LogP contribution in [-0.2, 0) is 14.3 Å². The Kier molecular flexibility index (Phi) is 28.8. The molecular weight excluding hydrogens is 484 g/mol. The van der Waals surface area contributed by atoms with Crippen LogP contribution >= 0.6 is 0 Å². The molecule has 0 fully saturated rings. The fourth-order valence-corrected chi connectivity index (χ4v) is 4.47. The topological polar surface area (TPSA) is 63.6 Å². The minimum absolute atomic E-state index is 0.0389. The second-order valence-corrected chi connectivity index (χ2v) is 10.6. The second-order valence-electron chi connectivity index (χ2n) is 10.6. The number of carboxylic acid groups (broad SMARTS) is 1. The molecule has 0 amide bonds. The van der Waals surface area contributed by atoms with Crippen molar-refractivity contribution < 1.29 is 19.4 Å². The summed E-state index contributed by atoms with van der Waals surface area (Å²) in [5.41, 5.74) is 0. The Morgan fingerprint density at radius 3 is 1.64 bits per heavy atom.